The number of ether oxygens (including phenoxy) is 1. The van der Waals surface area contributed by atoms with Crippen molar-refractivity contribution in [1.29, 1.82) is 0 Å². The molecule has 0 radical (unpaired) electrons. The van der Waals surface area contributed by atoms with Gasteiger partial charge in [0.2, 0.25) is 0 Å². The molecule has 1 aromatic rings. The van der Waals surface area contributed by atoms with Crippen LogP contribution in [0.1, 0.15) is 52.2 Å². The fourth-order valence-corrected chi connectivity index (χ4v) is 1.46. The van der Waals surface area contributed by atoms with Crippen molar-refractivity contribution in [3.63, 3.8) is 0 Å². The number of rotatable bonds is 3. The van der Waals surface area contributed by atoms with E-state index in [4.69, 9.17) is 4.74 Å². The van der Waals surface area contributed by atoms with Gasteiger partial charge in [-0.25, -0.2) is 4.98 Å². The first kappa shape index (κ1) is 13.7. The Morgan fingerprint density at radius 2 is 2.06 bits per heavy atom. The van der Waals surface area contributed by atoms with Crippen LogP contribution in [0.5, 0.6) is 0 Å². The monoisotopic (exact) mass is 239 g/mol. The predicted octanol–water partition coefficient (Wildman–Crippen LogP) is 1.78. The van der Waals surface area contributed by atoms with Gasteiger partial charge in [-0.05, 0) is 13.8 Å². The van der Waals surface area contributed by atoms with Gasteiger partial charge in [-0.15, -0.1) is 0 Å². The largest absolute Gasteiger partial charge is 0.465 e. The number of aryl methyl sites for hydroxylation is 1. The van der Waals surface area contributed by atoms with E-state index in [2.05, 4.69) is 10.1 Å². The Balaban J connectivity index is 2.99. The standard InChI is InChI=1S/C12H21N3O2/c1-7-17-10(16)8(2)9-13-11(12(3,4)5)14-15(9)6/h8H,7H2,1-6H3. The van der Waals surface area contributed by atoms with Crippen molar-refractivity contribution in [2.75, 3.05) is 6.61 Å². The topological polar surface area (TPSA) is 57.0 Å². The molecule has 1 unspecified atom stereocenters. The summed E-state index contributed by atoms with van der Waals surface area (Å²) in [5, 5.41) is 4.34. The van der Waals surface area contributed by atoms with Crippen molar-refractivity contribution >= 4 is 5.97 Å². The van der Waals surface area contributed by atoms with Gasteiger partial charge in [-0.3, -0.25) is 9.48 Å². The Morgan fingerprint density at radius 1 is 1.47 bits per heavy atom. The number of hydrogen-bond donors (Lipinski definition) is 0. The molecule has 0 aromatic carbocycles. The van der Waals surface area contributed by atoms with Crippen molar-refractivity contribution in [3.8, 4) is 0 Å². The molecule has 0 bridgehead atoms. The van der Waals surface area contributed by atoms with E-state index in [0.717, 1.165) is 5.82 Å². The van der Waals surface area contributed by atoms with Crippen LogP contribution in [0.3, 0.4) is 0 Å². The summed E-state index contributed by atoms with van der Waals surface area (Å²) >= 11 is 0. The number of carbonyl (C=O) groups excluding carboxylic acids is 1. The molecule has 0 saturated carbocycles. The molecule has 0 spiro atoms. The maximum Gasteiger partial charge on any atom is 0.316 e. The van der Waals surface area contributed by atoms with E-state index in [1.54, 1.807) is 25.6 Å². The molecular weight excluding hydrogens is 218 g/mol. The normalized spacial score (nSPS) is 13.5. The number of esters is 1. The Morgan fingerprint density at radius 3 is 2.47 bits per heavy atom. The molecule has 5 heteroatoms. The molecule has 1 aromatic heterocycles. The molecule has 0 N–H and O–H groups in total. The Labute approximate surface area is 102 Å². The van der Waals surface area contributed by atoms with Gasteiger partial charge in [-0.2, -0.15) is 5.10 Å². The lowest BCUT2D eigenvalue weighted by molar-refractivity contribution is -0.144. The third kappa shape index (κ3) is 3.05. The van der Waals surface area contributed by atoms with E-state index in [-0.39, 0.29) is 17.3 Å². The van der Waals surface area contributed by atoms with Gasteiger partial charge < -0.3 is 4.74 Å². The molecule has 1 heterocycles. The quantitative estimate of drug-likeness (QED) is 0.754. The van der Waals surface area contributed by atoms with Gasteiger partial charge in [0.15, 0.2) is 5.82 Å². The molecule has 0 aliphatic rings. The van der Waals surface area contributed by atoms with Crippen LogP contribution in [0.2, 0.25) is 0 Å². The zero-order valence-electron chi connectivity index (χ0n) is 11.4. The number of nitrogens with zero attached hydrogens (tertiary/aromatic N) is 3. The highest BCUT2D eigenvalue weighted by atomic mass is 16.5. The van der Waals surface area contributed by atoms with Gasteiger partial charge in [0.25, 0.3) is 0 Å². The molecule has 17 heavy (non-hydrogen) atoms. The number of aromatic nitrogens is 3. The first-order valence-electron chi connectivity index (χ1n) is 5.85. The highest BCUT2D eigenvalue weighted by molar-refractivity contribution is 5.76. The fraction of sp³-hybridized carbons (Fsp3) is 0.750. The average molecular weight is 239 g/mol. The van der Waals surface area contributed by atoms with E-state index in [1.165, 1.54) is 0 Å². The lowest BCUT2D eigenvalue weighted by Gasteiger charge is -2.12. The molecule has 1 atom stereocenters. The highest BCUT2D eigenvalue weighted by Crippen LogP contribution is 2.21. The average Bonchev–Trinajstić information content (AvgIpc) is 2.59. The lowest BCUT2D eigenvalue weighted by atomic mass is 9.96. The minimum atomic E-state index is -0.386. The zero-order chi connectivity index (χ0) is 13.2. The van der Waals surface area contributed by atoms with Crippen LogP contribution >= 0.6 is 0 Å². The summed E-state index contributed by atoms with van der Waals surface area (Å²) in [6.07, 6.45) is 0. The molecule has 5 nitrogen and oxygen atoms in total. The SMILES string of the molecule is CCOC(=O)C(C)c1nc(C(C)(C)C)nn1C. The van der Waals surface area contributed by atoms with Crippen molar-refractivity contribution in [2.24, 2.45) is 7.05 Å². The van der Waals surface area contributed by atoms with Crippen LogP contribution in [0, 0.1) is 0 Å². The van der Waals surface area contributed by atoms with E-state index in [9.17, 15) is 4.79 Å². The first-order valence-corrected chi connectivity index (χ1v) is 5.85. The first-order chi connectivity index (χ1) is 7.77. The minimum absolute atomic E-state index is 0.121. The van der Waals surface area contributed by atoms with E-state index in [0.29, 0.717) is 12.4 Å². The van der Waals surface area contributed by atoms with Crippen LogP contribution < -0.4 is 0 Å². The smallest absolute Gasteiger partial charge is 0.316 e. The van der Waals surface area contributed by atoms with Gasteiger partial charge in [-0.1, -0.05) is 20.8 Å². The summed E-state index contributed by atoms with van der Waals surface area (Å²) in [5.74, 6) is 0.742. The predicted molar refractivity (Wildman–Crippen MR) is 64.8 cm³/mol. The molecular formula is C12H21N3O2. The number of hydrogen-bond acceptors (Lipinski definition) is 4. The minimum Gasteiger partial charge on any atom is -0.465 e. The molecule has 96 valence electrons. The van der Waals surface area contributed by atoms with Crippen molar-refractivity contribution in [2.45, 2.75) is 46.0 Å². The van der Waals surface area contributed by atoms with Crippen LogP contribution in [0.4, 0.5) is 0 Å². The Bertz CT molecular complexity index is 404. The van der Waals surface area contributed by atoms with Crippen molar-refractivity contribution < 1.29 is 9.53 Å². The summed E-state index contributed by atoms with van der Waals surface area (Å²) < 4.78 is 6.64. The van der Waals surface area contributed by atoms with E-state index in [1.807, 2.05) is 20.8 Å². The van der Waals surface area contributed by atoms with Gasteiger partial charge >= 0.3 is 5.97 Å². The fourth-order valence-electron chi connectivity index (χ4n) is 1.46. The second-order valence-electron chi connectivity index (χ2n) is 5.14. The Hall–Kier alpha value is -1.39. The van der Waals surface area contributed by atoms with Crippen LogP contribution in [-0.4, -0.2) is 27.3 Å². The molecule has 0 fully saturated rings. The van der Waals surface area contributed by atoms with Crippen molar-refractivity contribution in [1.82, 2.24) is 14.8 Å². The Kier molecular flexibility index (Phi) is 3.91. The lowest BCUT2D eigenvalue weighted by Crippen LogP contribution is -2.17. The second-order valence-corrected chi connectivity index (χ2v) is 5.14. The summed E-state index contributed by atoms with van der Waals surface area (Å²) in [6.45, 7) is 10.1. The second kappa shape index (κ2) is 4.85. The highest BCUT2D eigenvalue weighted by Gasteiger charge is 2.26. The maximum absolute atomic E-state index is 11.7. The third-order valence-electron chi connectivity index (χ3n) is 2.49. The molecule has 1 rings (SSSR count). The maximum atomic E-state index is 11.7. The molecule has 0 saturated heterocycles. The van der Waals surface area contributed by atoms with Crippen molar-refractivity contribution in [3.05, 3.63) is 11.6 Å². The summed E-state index contributed by atoms with van der Waals surface area (Å²) in [7, 11) is 1.80. The molecule has 0 aliphatic heterocycles. The third-order valence-corrected chi connectivity index (χ3v) is 2.49. The summed E-state index contributed by atoms with van der Waals surface area (Å²) in [4.78, 5) is 16.1. The molecule has 0 amide bonds. The van der Waals surface area contributed by atoms with Gasteiger partial charge in [0.1, 0.15) is 11.7 Å². The van der Waals surface area contributed by atoms with E-state index < -0.39 is 0 Å². The van der Waals surface area contributed by atoms with Crippen LogP contribution in [0.15, 0.2) is 0 Å². The zero-order valence-corrected chi connectivity index (χ0v) is 11.4. The number of carbonyl (C=O) groups is 1. The van der Waals surface area contributed by atoms with Gasteiger partial charge in [0.05, 0.1) is 6.61 Å². The van der Waals surface area contributed by atoms with E-state index >= 15 is 0 Å². The van der Waals surface area contributed by atoms with Gasteiger partial charge in [0, 0.05) is 12.5 Å². The summed E-state index contributed by atoms with van der Waals surface area (Å²) in [5.41, 5.74) is -0.121. The molecule has 0 aliphatic carbocycles. The van der Waals surface area contributed by atoms with Crippen LogP contribution in [-0.2, 0) is 22.0 Å². The van der Waals surface area contributed by atoms with Crippen LogP contribution in [0.25, 0.3) is 0 Å². The summed E-state index contributed by atoms with van der Waals surface area (Å²) in [6, 6.07) is 0.